The predicted molar refractivity (Wildman–Crippen MR) is 93.0 cm³/mol. The molecule has 0 saturated carbocycles. The normalized spacial score (nSPS) is 18.0. The third-order valence-corrected chi connectivity index (χ3v) is 5.52. The van der Waals surface area contributed by atoms with E-state index in [1.165, 1.54) is 0 Å². The molecule has 1 heterocycles. The van der Waals surface area contributed by atoms with E-state index in [9.17, 15) is 18.5 Å². The van der Waals surface area contributed by atoms with E-state index in [0.717, 1.165) is 36.2 Å². The molecule has 24 heavy (non-hydrogen) atoms. The second-order valence-electron chi connectivity index (χ2n) is 6.04. The third-order valence-electron chi connectivity index (χ3n) is 4.39. The van der Waals surface area contributed by atoms with Crippen molar-refractivity contribution in [3.63, 3.8) is 0 Å². The number of carbonyl (C=O) groups is 1. The van der Waals surface area contributed by atoms with E-state index >= 15 is 0 Å². The molecule has 1 unspecified atom stereocenters. The van der Waals surface area contributed by atoms with E-state index in [2.05, 4.69) is 0 Å². The van der Waals surface area contributed by atoms with Gasteiger partial charge in [0.25, 0.3) is 0 Å². The average Bonchev–Trinajstić information content (AvgIpc) is 2.58. The van der Waals surface area contributed by atoms with E-state index < -0.39 is 10.0 Å². The van der Waals surface area contributed by atoms with Crippen molar-refractivity contribution in [1.82, 2.24) is 4.90 Å². The molecule has 0 aromatic heterocycles. The monoisotopic (exact) mass is 349 g/mol. The minimum Gasteiger partial charge on any atom is -0.338 e. The first-order chi connectivity index (χ1) is 11.4. The highest BCUT2D eigenvalue weighted by molar-refractivity contribution is 7.92. The fourth-order valence-electron chi connectivity index (χ4n) is 3.13. The van der Waals surface area contributed by atoms with Crippen LogP contribution in [0.2, 0.25) is 0 Å². The van der Waals surface area contributed by atoms with Crippen LogP contribution in [-0.4, -0.2) is 44.6 Å². The van der Waals surface area contributed by atoms with Crippen LogP contribution >= 0.6 is 0 Å². The van der Waals surface area contributed by atoms with Crippen LogP contribution < -0.4 is 4.31 Å². The minimum atomic E-state index is -3.67. The Kier molecular flexibility index (Phi) is 5.84. The molecule has 0 N–H and O–H groups in total. The number of para-hydroxylation sites is 1. The molecule has 0 bridgehead atoms. The maximum absolute atomic E-state index is 12.7. The highest BCUT2D eigenvalue weighted by Gasteiger charge is 2.30. The van der Waals surface area contributed by atoms with Crippen LogP contribution in [0.4, 0.5) is 5.69 Å². The van der Waals surface area contributed by atoms with Gasteiger partial charge in [-0.05, 0) is 37.8 Å². The van der Waals surface area contributed by atoms with Gasteiger partial charge in [-0.2, -0.15) is 5.26 Å². The lowest BCUT2D eigenvalue weighted by Crippen LogP contribution is -2.49. The Bertz CT molecular complexity index is 740. The summed E-state index contributed by atoms with van der Waals surface area (Å²) in [7, 11) is -3.67. The van der Waals surface area contributed by atoms with Crippen LogP contribution in [0.15, 0.2) is 24.3 Å². The van der Waals surface area contributed by atoms with Gasteiger partial charge < -0.3 is 4.90 Å². The average molecular weight is 349 g/mol. The largest absolute Gasteiger partial charge is 0.338 e. The van der Waals surface area contributed by atoms with Gasteiger partial charge in [0.05, 0.1) is 17.5 Å². The van der Waals surface area contributed by atoms with Gasteiger partial charge in [-0.25, -0.2) is 8.42 Å². The van der Waals surface area contributed by atoms with Crippen molar-refractivity contribution in [1.29, 1.82) is 5.26 Å². The number of carbonyl (C=O) groups excluding carboxylic acids is 1. The summed E-state index contributed by atoms with van der Waals surface area (Å²) in [6, 6.07) is 8.59. The number of anilines is 1. The number of piperidine rings is 1. The lowest BCUT2D eigenvalue weighted by molar-refractivity contribution is -0.133. The van der Waals surface area contributed by atoms with E-state index in [-0.39, 0.29) is 29.7 Å². The second-order valence-corrected chi connectivity index (χ2v) is 7.95. The summed E-state index contributed by atoms with van der Waals surface area (Å²) in [4.78, 5) is 14.5. The Morgan fingerprint density at radius 1 is 1.38 bits per heavy atom. The van der Waals surface area contributed by atoms with Gasteiger partial charge in [0, 0.05) is 12.6 Å². The Labute approximate surface area is 143 Å². The molecule has 0 aliphatic carbocycles. The number of hydrogen-bond donors (Lipinski definition) is 0. The number of amides is 1. The van der Waals surface area contributed by atoms with Gasteiger partial charge in [-0.15, -0.1) is 0 Å². The highest BCUT2D eigenvalue weighted by Crippen LogP contribution is 2.24. The van der Waals surface area contributed by atoms with Gasteiger partial charge in [0.1, 0.15) is 12.6 Å². The number of nitrogens with zero attached hydrogens (tertiary/aromatic N) is 3. The summed E-state index contributed by atoms with van der Waals surface area (Å²) in [6.07, 6.45) is 4.91. The fraction of sp³-hybridized carbons (Fsp3) is 0.529. The van der Waals surface area contributed by atoms with E-state index in [1.807, 2.05) is 13.0 Å². The van der Waals surface area contributed by atoms with E-state index in [4.69, 9.17) is 0 Å². The number of likely N-dealkylation sites (tertiary alicyclic amines) is 1. The van der Waals surface area contributed by atoms with Gasteiger partial charge in [0.15, 0.2) is 0 Å². The molecule has 7 heteroatoms. The highest BCUT2D eigenvalue weighted by atomic mass is 32.2. The van der Waals surface area contributed by atoms with Crippen LogP contribution in [0, 0.1) is 11.3 Å². The minimum absolute atomic E-state index is 0.166. The van der Waals surface area contributed by atoms with Crippen molar-refractivity contribution < 1.29 is 13.2 Å². The molecule has 2 rings (SSSR count). The van der Waals surface area contributed by atoms with Crippen LogP contribution in [0.5, 0.6) is 0 Å². The molecule has 1 fully saturated rings. The SMILES string of the molecule is CCC1CCCCN1C(=O)CN(c1ccccc1C#N)S(C)(=O)=O. The van der Waals surface area contributed by atoms with Crippen LogP contribution in [0.1, 0.15) is 38.2 Å². The Balaban J connectivity index is 2.30. The predicted octanol–water partition coefficient (Wildman–Crippen LogP) is 2.12. The molecule has 1 saturated heterocycles. The van der Waals surface area contributed by atoms with Crippen molar-refractivity contribution in [3.8, 4) is 6.07 Å². The lowest BCUT2D eigenvalue weighted by Gasteiger charge is -2.36. The Morgan fingerprint density at radius 2 is 2.08 bits per heavy atom. The second kappa shape index (κ2) is 7.67. The van der Waals surface area contributed by atoms with E-state index in [1.54, 1.807) is 29.2 Å². The standard InChI is InChI=1S/C17H23N3O3S/c1-3-15-9-6-7-11-19(15)17(21)13-20(24(2,22)23)16-10-5-4-8-14(16)12-18/h4-5,8,10,15H,3,6-7,9,11,13H2,1-2H3. The number of benzene rings is 1. The zero-order chi connectivity index (χ0) is 17.7. The molecule has 1 atom stereocenters. The first-order valence-corrected chi connectivity index (χ1v) is 9.99. The quantitative estimate of drug-likeness (QED) is 0.815. The topological polar surface area (TPSA) is 81.5 Å². The zero-order valence-corrected chi connectivity index (χ0v) is 14.9. The molecule has 1 amide bonds. The molecule has 1 aromatic carbocycles. The molecular weight excluding hydrogens is 326 g/mol. The first kappa shape index (κ1) is 18.3. The summed E-state index contributed by atoms with van der Waals surface area (Å²) in [5, 5.41) is 9.23. The Morgan fingerprint density at radius 3 is 2.71 bits per heavy atom. The van der Waals surface area contributed by atoms with Gasteiger partial charge >= 0.3 is 0 Å². The van der Waals surface area contributed by atoms with Gasteiger partial charge in [0.2, 0.25) is 15.9 Å². The maximum Gasteiger partial charge on any atom is 0.243 e. The van der Waals surface area contributed by atoms with Crippen molar-refractivity contribution in [3.05, 3.63) is 29.8 Å². The number of rotatable bonds is 5. The van der Waals surface area contributed by atoms with Gasteiger partial charge in [-0.1, -0.05) is 19.1 Å². The van der Waals surface area contributed by atoms with Crippen LogP contribution in [-0.2, 0) is 14.8 Å². The van der Waals surface area contributed by atoms with Crippen LogP contribution in [0.3, 0.4) is 0 Å². The molecule has 1 aliphatic rings. The van der Waals surface area contributed by atoms with Crippen molar-refractivity contribution in [2.75, 3.05) is 23.7 Å². The van der Waals surface area contributed by atoms with E-state index in [0.29, 0.717) is 6.54 Å². The molecule has 1 aromatic rings. The zero-order valence-electron chi connectivity index (χ0n) is 14.1. The molecule has 6 nitrogen and oxygen atoms in total. The van der Waals surface area contributed by atoms with Crippen molar-refractivity contribution in [2.45, 2.75) is 38.6 Å². The molecule has 1 aliphatic heterocycles. The summed E-state index contributed by atoms with van der Waals surface area (Å²) in [5.74, 6) is -0.209. The summed E-state index contributed by atoms with van der Waals surface area (Å²) in [5.41, 5.74) is 0.488. The Hall–Kier alpha value is -2.07. The number of sulfonamides is 1. The van der Waals surface area contributed by atoms with Crippen molar-refractivity contribution in [2.24, 2.45) is 0 Å². The lowest BCUT2D eigenvalue weighted by atomic mass is 10.00. The molecule has 130 valence electrons. The molecule has 0 spiro atoms. The summed E-state index contributed by atoms with van der Waals surface area (Å²) in [6.45, 7) is 2.43. The fourth-order valence-corrected chi connectivity index (χ4v) is 4.00. The van der Waals surface area contributed by atoms with Crippen molar-refractivity contribution >= 4 is 21.6 Å². The maximum atomic E-state index is 12.7. The number of nitriles is 1. The summed E-state index contributed by atoms with van der Waals surface area (Å²) < 4.78 is 25.5. The molecule has 0 radical (unpaired) electrons. The number of hydrogen-bond acceptors (Lipinski definition) is 4. The summed E-state index contributed by atoms with van der Waals surface area (Å²) >= 11 is 0. The smallest absolute Gasteiger partial charge is 0.243 e. The van der Waals surface area contributed by atoms with Gasteiger partial charge in [-0.3, -0.25) is 9.10 Å². The molecular formula is C17H23N3O3S. The first-order valence-electron chi connectivity index (χ1n) is 8.14. The third kappa shape index (κ3) is 4.06. The van der Waals surface area contributed by atoms with Crippen LogP contribution in [0.25, 0.3) is 0 Å².